The zero-order chi connectivity index (χ0) is 24.0. The Bertz CT molecular complexity index is 1150. The van der Waals surface area contributed by atoms with Crippen molar-refractivity contribution in [2.45, 2.75) is 26.4 Å². The molecule has 0 amide bonds. The first-order valence-electron chi connectivity index (χ1n) is 12.1. The number of nitrogens with zero attached hydrogens (tertiary/aromatic N) is 6. The molecule has 4 heterocycles. The van der Waals surface area contributed by atoms with Crippen LogP contribution in [-0.4, -0.2) is 70.1 Å². The van der Waals surface area contributed by atoms with Gasteiger partial charge in [-0.25, -0.2) is 24.7 Å². The lowest BCUT2D eigenvalue weighted by Gasteiger charge is -2.34. The SMILES string of the molecule is CCOC(=O)c1cnc(N2CCN(Cc3ccc(Nc4ncc5c(n4)CNCC5)cc3)CC2)nc1. The standard InChI is InChI=1S/C25H30N8O2/c1-2-35-23(34)20-14-28-25(29-15-20)33-11-9-32(10-12-33)17-18-3-5-21(6-4-18)30-24-27-13-19-7-8-26-16-22(19)31-24/h3-6,13-15,26H,2,7-12,16-17H2,1H3,(H,27,30,31). The Hall–Kier alpha value is -3.63. The van der Waals surface area contributed by atoms with Crippen molar-refractivity contribution in [3.05, 3.63) is 65.2 Å². The van der Waals surface area contributed by atoms with Crippen molar-refractivity contribution in [2.75, 3.05) is 49.5 Å². The molecule has 10 heteroatoms. The lowest BCUT2D eigenvalue weighted by Crippen LogP contribution is -2.46. The van der Waals surface area contributed by atoms with Crippen LogP contribution in [0.1, 0.15) is 34.1 Å². The lowest BCUT2D eigenvalue weighted by atomic mass is 10.1. The van der Waals surface area contributed by atoms with E-state index >= 15 is 0 Å². The van der Waals surface area contributed by atoms with Crippen molar-refractivity contribution < 1.29 is 9.53 Å². The zero-order valence-corrected chi connectivity index (χ0v) is 19.9. The third-order valence-corrected chi connectivity index (χ3v) is 6.24. The van der Waals surface area contributed by atoms with Gasteiger partial charge in [0.25, 0.3) is 0 Å². The van der Waals surface area contributed by atoms with E-state index in [1.165, 1.54) is 23.5 Å². The van der Waals surface area contributed by atoms with E-state index in [1.807, 2.05) is 6.20 Å². The summed E-state index contributed by atoms with van der Waals surface area (Å²) < 4.78 is 4.99. The van der Waals surface area contributed by atoms with Gasteiger partial charge in [-0.15, -0.1) is 0 Å². The van der Waals surface area contributed by atoms with E-state index in [0.29, 0.717) is 24.1 Å². The minimum Gasteiger partial charge on any atom is -0.462 e. The third kappa shape index (κ3) is 5.72. The first-order valence-corrected chi connectivity index (χ1v) is 12.1. The van der Waals surface area contributed by atoms with Crippen LogP contribution in [0.3, 0.4) is 0 Å². The summed E-state index contributed by atoms with van der Waals surface area (Å²) in [6.45, 7) is 8.29. The summed E-state index contributed by atoms with van der Waals surface area (Å²) in [4.78, 5) is 34.2. The number of piperazine rings is 1. The number of rotatable bonds is 7. The van der Waals surface area contributed by atoms with E-state index in [1.54, 1.807) is 6.92 Å². The Morgan fingerprint density at radius 3 is 2.57 bits per heavy atom. The second-order valence-electron chi connectivity index (χ2n) is 8.67. The second-order valence-corrected chi connectivity index (χ2v) is 8.67. The van der Waals surface area contributed by atoms with Gasteiger partial charge in [-0.3, -0.25) is 4.90 Å². The monoisotopic (exact) mass is 474 g/mol. The molecule has 5 rings (SSSR count). The van der Waals surface area contributed by atoms with E-state index in [-0.39, 0.29) is 0 Å². The largest absolute Gasteiger partial charge is 0.462 e. The fourth-order valence-corrected chi connectivity index (χ4v) is 4.29. The first kappa shape index (κ1) is 23.1. The highest BCUT2D eigenvalue weighted by atomic mass is 16.5. The van der Waals surface area contributed by atoms with Crippen molar-refractivity contribution in [3.63, 3.8) is 0 Å². The molecule has 2 aliphatic rings. The number of fused-ring (bicyclic) bond motifs is 1. The molecule has 0 bridgehead atoms. The average molecular weight is 475 g/mol. The second kappa shape index (κ2) is 10.7. The van der Waals surface area contributed by atoms with Crippen molar-refractivity contribution in [1.29, 1.82) is 0 Å². The van der Waals surface area contributed by atoms with E-state index in [9.17, 15) is 4.79 Å². The minimum absolute atomic E-state index is 0.336. The summed E-state index contributed by atoms with van der Waals surface area (Å²) >= 11 is 0. The number of carbonyl (C=O) groups excluding carboxylic acids is 1. The molecule has 2 N–H and O–H groups in total. The molecule has 0 radical (unpaired) electrons. The highest BCUT2D eigenvalue weighted by Crippen LogP contribution is 2.19. The molecule has 0 unspecified atom stereocenters. The Labute approximate surface area is 204 Å². The first-order chi connectivity index (χ1) is 17.2. The van der Waals surface area contributed by atoms with E-state index < -0.39 is 5.97 Å². The molecule has 2 aliphatic heterocycles. The van der Waals surface area contributed by atoms with Gasteiger partial charge in [0.05, 0.1) is 17.9 Å². The molecule has 35 heavy (non-hydrogen) atoms. The number of aromatic nitrogens is 4. The fraction of sp³-hybridized carbons (Fsp3) is 0.400. The van der Waals surface area contributed by atoms with Crippen LogP contribution in [0.5, 0.6) is 0 Å². The summed E-state index contributed by atoms with van der Waals surface area (Å²) in [5.41, 5.74) is 4.91. The molecule has 0 saturated carbocycles. The predicted octanol–water partition coefficient (Wildman–Crippen LogP) is 2.15. The molecule has 182 valence electrons. The summed E-state index contributed by atoms with van der Waals surface area (Å²) in [6, 6.07) is 8.44. The van der Waals surface area contributed by atoms with Gasteiger partial charge < -0.3 is 20.3 Å². The molecule has 1 aromatic carbocycles. The van der Waals surface area contributed by atoms with Gasteiger partial charge in [0, 0.05) is 63.5 Å². The Morgan fingerprint density at radius 1 is 1.06 bits per heavy atom. The Morgan fingerprint density at radius 2 is 1.83 bits per heavy atom. The molecule has 0 spiro atoms. The van der Waals surface area contributed by atoms with Crippen LogP contribution >= 0.6 is 0 Å². The Kier molecular flexibility index (Phi) is 7.10. The van der Waals surface area contributed by atoms with Gasteiger partial charge in [0.2, 0.25) is 11.9 Å². The van der Waals surface area contributed by atoms with Crippen LogP contribution in [0.4, 0.5) is 17.6 Å². The summed E-state index contributed by atoms with van der Waals surface area (Å²) in [6.07, 6.45) is 5.98. The molecule has 10 nitrogen and oxygen atoms in total. The van der Waals surface area contributed by atoms with Crippen molar-refractivity contribution >= 4 is 23.6 Å². The molecule has 1 saturated heterocycles. The number of ether oxygens (including phenoxy) is 1. The van der Waals surface area contributed by atoms with Gasteiger partial charge in [-0.1, -0.05) is 12.1 Å². The molecule has 0 atom stereocenters. The van der Waals surface area contributed by atoms with Gasteiger partial charge in [0.15, 0.2) is 0 Å². The number of esters is 1. The maximum absolute atomic E-state index is 11.8. The van der Waals surface area contributed by atoms with Gasteiger partial charge in [0.1, 0.15) is 0 Å². The highest BCUT2D eigenvalue weighted by Gasteiger charge is 2.20. The number of anilines is 3. The van der Waals surface area contributed by atoms with Crippen LogP contribution in [0.15, 0.2) is 42.9 Å². The number of carbonyl (C=O) groups is 1. The quantitative estimate of drug-likeness (QED) is 0.495. The molecule has 0 aliphatic carbocycles. The highest BCUT2D eigenvalue weighted by molar-refractivity contribution is 5.88. The van der Waals surface area contributed by atoms with Gasteiger partial charge in [-0.2, -0.15) is 0 Å². The summed E-state index contributed by atoms with van der Waals surface area (Å²) in [5, 5.41) is 6.66. The maximum Gasteiger partial charge on any atom is 0.341 e. The van der Waals surface area contributed by atoms with E-state index in [4.69, 9.17) is 4.74 Å². The molecule has 1 fully saturated rings. The van der Waals surface area contributed by atoms with Gasteiger partial charge >= 0.3 is 5.97 Å². The summed E-state index contributed by atoms with van der Waals surface area (Å²) in [5.74, 6) is 0.889. The van der Waals surface area contributed by atoms with Crippen LogP contribution in [-0.2, 0) is 24.2 Å². The third-order valence-electron chi connectivity index (χ3n) is 6.24. The fourth-order valence-electron chi connectivity index (χ4n) is 4.29. The number of hydrogen-bond acceptors (Lipinski definition) is 10. The zero-order valence-electron chi connectivity index (χ0n) is 19.9. The predicted molar refractivity (Wildman–Crippen MR) is 133 cm³/mol. The number of hydrogen-bond donors (Lipinski definition) is 2. The summed E-state index contributed by atoms with van der Waals surface area (Å²) in [7, 11) is 0. The topological polar surface area (TPSA) is 108 Å². The van der Waals surface area contributed by atoms with Crippen molar-refractivity contribution in [1.82, 2.24) is 30.2 Å². The van der Waals surface area contributed by atoms with Gasteiger partial charge in [-0.05, 0) is 43.1 Å². The van der Waals surface area contributed by atoms with Crippen LogP contribution in [0.2, 0.25) is 0 Å². The van der Waals surface area contributed by atoms with E-state index in [2.05, 4.69) is 64.6 Å². The minimum atomic E-state index is -0.391. The molecule has 2 aromatic heterocycles. The lowest BCUT2D eigenvalue weighted by molar-refractivity contribution is 0.0525. The van der Waals surface area contributed by atoms with Crippen molar-refractivity contribution in [2.24, 2.45) is 0 Å². The van der Waals surface area contributed by atoms with Crippen molar-refractivity contribution in [3.8, 4) is 0 Å². The van der Waals surface area contributed by atoms with Crippen LogP contribution < -0.4 is 15.5 Å². The average Bonchev–Trinajstić information content (AvgIpc) is 2.90. The molecular weight excluding hydrogens is 444 g/mol. The number of benzene rings is 1. The smallest absolute Gasteiger partial charge is 0.341 e. The normalized spacial score (nSPS) is 16.0. The Balaban J connectivity index is 1.11. The maximum atomic E-state index is 11.8. The van der Waals surface area contributed by atoms with Crippen LogP contribution in [0.25, 0.3) is 0 Å². The number of nitrogens with one attached hydrogen (secondary N) is 2. The molecule has 3 aromatic rings. The van der Waals surface area contributed by atoms with Crippen LogP contribution in [0, 0.1) is 0 Å². The van der Waals surface area contributed by atoms with E-state index in [0.717, 1.165) is 63.6 Å². The molecular formula is C25H30N8O2.